The average Bonchev–Trinajstić information content (AvgIpc) is 2.11. The summed E-state index contributed by atoms with van der Waals surface area (Å²) in [5.74, 6) is 1.64. The highest BCUT2D eigenvalue weighted by atomic mass is 15.1. The van der Waals surface area contributed by atoms with Crippen LogP contribution in [0.2, 0.25) is 0 Å². The van der Waals surface area contributed by atoms with Gasteiger partial charge in [-0.15, -0.1) is 0 Å². The number of rotatable bonds is 6. The third kappa shape index (κ3) is 4.22. The van der Waals surface area contributed by atoms with Crippen LogP contribution in [0.4, 0.5) is 0 Å². The minimum atomic E-state index is 0.191. The molecule has 0 amide bonds. The zero-order valence-corrected chi connectivity index (χ0v) is 10.4. The summed E-state index contributed by atoms with van der Waals surface area (Å²) in [7, 11) is 2.14. The van der Waals surface area contributed by atoms with Crippen LogP contribution < -0.4 is 0 Å². The van der Waals surface area contributed by atoms with Crippen molar-refractivity contribution in [1.29, 1.82) is 5.26 Å². The van der Waals surface area contributed by atoms with E-state index in [1.807, 2.05) is 0 Å². The second kappa shape index (κ2) is 6.12. The molecule has 0 aromatic heterocycles. The van der Waals surface area contributed by atoms with Gasteiger partial charge in [0.25, 0.3) is 0 Å². The molecular weight excluding hydrogens is 184 g/mol. The number of hydrogen-bond acceptors (Lipinski definition) is 2. The van der Waals surface area contributed by atoms with Crippen LogP contribution in [0.5, 0.6) is 0 Å². The van der Waals surface area contributed by atoms with Gasteiger partial charge in [-0.1, -0.05) is 33.1 Å². The molecule has 0 radical (unpaired) electrons. The van der Waals surface area contributed by atoms with Gasteiger partial charge in [0.05, 0.1) is 12.0 Å². The molecule has 1 aliphatic rings. The quantitative estimate of drug-likeness (QED) is 0.671. The summed E-state index contributed by atoms with van der Waals surface area (Å²) >= 11 is 0. The van der Waals surface area contributed by atoms with Crippen LogP contribution in [-0.2, 0) is 0 Å². The van der Waals surface area contributed by atoms with E-state index in [4.69, 9.17) is 5.26 Å². The molecule has 1 unspecified atom stereocenters. The van der Waals surface area contributed by atoms with E-state index in [1.165, 1.54) is 25.7 Å². The topological polar surface area (TPSA) is 27.0 Å². The van der Waals surface area contributed by atoms with Crippen molar-refractivity contribution in [3.8, 4) is 6.07 Å². The first-order chi connectivity index (χ1) is 7.13. The van der Waals surface area contributed by atoms with Gasteiger partial charge in [0.15, 0.2) is 0 Å². The Bertz CT molecular complexity index is 213. The van der Waals surface area contributed by atoms with Gasteiger partial charge in [0.1, 0.15) is 0 Å². The zero-order valence-electron chi connectivity index (χ0n) is 10.4. The van der Waals surface area contributed by atoms with Crippen LogP contribution in [0.3, 0.4) is 0 Å². The highest BCUT2D eigenvalue weighted by molar-refractivity contribution is 4.87. The average molecular weight is 208 g/mol. The first kappa shape index (κ1) is 12.5. The van der Waals surface area contributed by atoms with Crippen molar-refractivity contribution < 1.29 is 0 Å². The minimum Gasteiger partial charge on any atom is -0.305 e. The minimum absolute atomic E-state index is 0.191. The Morgan fingerprint density at radius 2 is 2.07 bits per heavy atom. The lowest BCUT2D eigenvalue weighted by Crippen LogP contribution is -2.30. The van der Waals surface area contributed by atoms with E-state index >= 15 is 0 Å². The van der Waals surface area contributed by atoms with Gasteiger partial charge >= 0.3 is 0 Å². The fourth-order valence-corrected chi connectivity index (χ4v) is 2.01. The molecule has 0 heterocycles. The number of nitrogens with zero attached hydrogens (tertiary/aromatic N) is 2. The van der Waals surface area contributed by atoms with Gasteiger partial charge < -0.3 is 4.90 Å². The molecule has 0 aromatic rings. The standard InChI is InChI=1S/C13H24N2/c1-11(2)13(9-14)10-15(3)8-7-12-5-4-6-12/h11-13H,4-8,10H2,1-3H3. The molecule has 2 heteroatoms. The van der Waals surface area contributed by atoms with Crippen molar-refractivity contribution in [1.82, 2.24) is 4.90 Å². The SMILES string of the molecule is CC(C)C(C#N)CN(C)CCC1CCC1. The van der Waals surface area contributed by atoms with Crippen LogP contribution in [0.1, 0.15) is 39.5 Å². The first-order valence-corrected chi connectivity index (χ1v) is 6.21. The van der Waals surface area contributed by atoms with Gasteiger partial charge in [-0.25, -0.2) is 0 Å². The molecule has 0 N–H and O–H groups in total. The molecule has 0 spiro atoms. The molecule has 1 fully saturated rings. The van der Waals surface area contributed by atoms with Gasteiger partial charge in [-0.2, -0.15) is 5.26 Å². The van der Waals surface area contributed by atoms with Crippen molar-refractivity contribution in [2.24, 2.45) is 17.8 Å². The molecule has 1 atom stereocenters. The second-order valence-corrected chi connectivity index (χ2v) is 5.33. The van der Waals surface area contributed by atoms with E-state index in [9.17, 15) is 0 Å². The van der Waals surface area contributed by atoms with Crippen LogP contribution >= 0.6 is 0 Å². The first-order valence-electron chi connectivity index (χ1n) is 6.21. The maximum atomic E-state index is 9.00. The molecular formula is C13H24N2. The molecule has 2 nitrogen and oxygen atoms in total. The lowest BCUT2D eigenvalue weighted by molar-refractivity contribution is 0.218. The predicted molar refractivity (Wildman–Crippen MR) is 63.4 cm³/mol. The molecule has 1 saturated carbocycles. The Labute approximate surface area is 94.3 Å². The summed E-state index contributed by atoms with van der Waals surface area (Å²) in [6.45, 7) is 6.36. The van der Waals surface area contributed by atoms with E-state index in [1.54, 1.807) is 0 Å². The Balaban J connectivity index is 2.15. The largest absolute Gasteiger partial charge is 0.305 e. The Hall–Kier alpha value is -0.550. The maximum Gasteiger partial charge on any atom is 0.0671 e. The highest BCUT2D eigenvalue weighted by Gasteiger charge is 2.19. The second-order valence-electron chi connectivity index (χ2n) is 5.33. The monoisotopic (exact) mass is 208 g/mol. The van der Waals surface area contributed by atoms with E-state index in [-0.39, 0.29) is 5.92 Å². The molecule has 1 rings (SSSR count). The van der Waals surface area contributed by atoms with Gasteiger partial charge in [-0.3, -0.25) is 0 Å². The van der Waals surface area contributed by atoms with Crippen LogP contribution in [0.25, 0.3) is 0 Å². The lowest BCUT2D eigenvalue weighted by atomic mass is 9.83. The molecule has 0 bridgehead atoms. The summed E-state index contributed by atoms with van der Waals surface area (Å²) < 4.78 is 0. The van der Waals surface area contributed by atoms with E-state index in [0.29, 0.717) is 5.92 Å². The lowest BCUT2D eigenvalue weighted by Gasteiger charge is -2.28. The van der Waals surface area contributed by atoms with Crippen molar-refractivity contribution in [3.05, 3.63) is 0 Å². The molecule has 0 aromatic carbocycles. The van der Waals surface area contributed by atoms with E-state index < -0.39 is 0 Å². The summed E-state index contributed by atoms with van der Waals surface area (Å²) in [4.78, 5) is 2.33. The maximum absolute atomic E-state index is 9.00. The number of nitriles is 1. The van der Waals surface area contributed by atoms with E-state index in [2.05, 4.69) is 31.9 Å². The van der Waals surface area contributed by atoms with Crippen LogP contribution in [0.15, 0.2) is 0 Å². The summed E-state index contributed by atoms with van der Waals surface area (Å²) in [5.41, 5.74) is 0. The number of hydrogen-bond donors (Lipinski definition) is 0. The summed E-state index contributed by atoms with van der Waals surface area (Å²) in [6.07, 6.45) is 5.62. The van der Waals surface area contributed by atoms with Crippen molar-refractivity contribution in [2.45, 2.75) is 39.5 Å². The third-order valence-corrected chi connectivity index (χ3v) is 3.62. The zero-order chi connectivity index (χ0) is 11.3. The molecule has 0 aliphatic heterocycles. The van der Waals surface area contributed by atoms with E-state index in [0.717, 1.165) is 19.0 Å². The summed E-state index contributed by atoms with van der Waals surface area (Å²) in [6, 6.07) is 2.41. The normalized spacial score (nSPS) is 18.9. The van der Waals surface area contributed by atoms with Crippen molar-refractivity contribution in [3.63, 3.8) is 0 Å². The Kier molecular flexibility index (Phi) is 5.11. The smallest absolute Gasteiger partial charge is 0.0671 e. The van der Waals surface area contributed by atoms with Crippen molar-refractivity contribution >= 4 is 0 Å². The van der Waals surface area contributed by atoms with Gasteiger partial charge in [0, 0.05) is 6.54 Å². The predicted octanol–water partition coefficient (Wildman–Crippen LogP) is 2.90. The molecule has 1 aliphatic carbocycles. The highest BCUT2D eigenvalue weighted by Crippen LogP contribution is 2.29. The van der Waals surface area contributed by atoms with Crippen molar-refractivity contribution in [2.75, 3.05) is 20.1 Å². The molecule has 15 heavy (non-hydrogen) atoms. The Morgan fingerprint density at radius 3 is 2.47 bits per heavy atom. The third-order valence-electron chi connectivity index (χ3n) is 3.62. The Morgan fingerprint density at radius 1 is 1.40 bits per heavy atom. The van der Waals surface area contributed by atoms with Gasteiger partial charge in [-0.05, 0) is 31.8 Å². The summed E-state index contributed by atoms with van der Waals surface area (Å²) in [5, 5.41) is 9.00. The fraction of sp³-hybridized carbons (Fsp3) is 0.923. The van der Waals surface area contributed by atoms with Crippen LogP contribution in [0, 0.1) is 29.1 Å². The fourth-order valence-electron chi connectivity index (χ4n) is 2.01. The van der Waals surface area contributed by atoms with Crippen LogP contribution in [-0.4, -0.2) is 25.0 Å². The molecule has 86 valence electrons. The molecule has 0 saturated heterocycles. The van der Waals surface area contributed by atoms with Gasteiger partial charge in [0.2, 0.25) is 0 Å².